The number of rotatable bonds is 1. The number of hydrogen-bond donors (Lipinski definition) is 0. The summed E-state index contributed by atoms with van der Waals surface area (Å²) < 4.78 is 10.00. The van der Waals surface area contributed by atoms with Crippen molar-refractivity contribution in [3.8, 4) is 33.4 Å². The van der Waals surface area contributed by atoms with Crippen LogP contribution in [0.5, 0.6) is 0 Å². The van der Waals surface area contributed by atoms with E-state index in [0.29, 0.717) is 0 Å². The van der Waals surface area contributed by atoms with Gasteiger partial charge in [0, 0.05) is 60.3 Å². The van der Waals surface area contributed by atoms with Gasteiger partial charge in [0.15, 0.2) is 5.58 Å². The topological polar surface area (TPSA) is 21.3 Å². The molecule has 0 saturated carbocycles. The van der Waals surface area contributed by atoms with Crippen LogP contribution >= 0.6 is 0 Å². The Labute approximate surface area is 387 Å². The maximum atomic E-state index is 7.26. The van der Waals surface area contributed by atoms with Gasteiger partial charge in [-0.15, -0.1) is 0 Å². The highest BCUT2D eigenvalue weighted by atomic mass is 16.3. The highest BCUT2D eigenvalue weighted by molar-refractivity contribution is 6.90. The zero-order chi connectivity index (χ0) is 45.1. The van der Waals surface area contributed by atoms with Crippen LogP contribution in [-0.4, -0.2) is 11.3 Å². The summed E-state index contributed by atoms with van der Waals surface area (Å²) in [5.41, 5.74) is 26.3. The third-order valence-electron chi connectivity index (χ3n) is 16.4. The molecule has 0 spiro atoms. The number of hydrogen-bond acceptors (Lipinski definition) is 2. The molecule has 0 bridgehead atoms. The van der Waals surface area contributed by atoms with Crippen molar-refractivity contribution in [3.05, 3.63) is 173 Å². The Balaban J connectivity index is 1.19. The Hall–Kier alpha value is -6.78. The molecule has 0 saturated heterocycles. The quantitative estimate of drug-likeness (QED) is 0.153. The summed E-state index contributed by atoms with van der Waals surface area (Å²) >= 11 is 0. The van der Waals surface area contributed by atoms with Crippen LogP contribution < -0.4 is 15.8 Å². The van der Waals surface area contributed by atoms with E-state index in [1.54, 1.807) is 0 Å². The SMILES string of the molecule is CC(C)(C)c1ccc2c(c1)c1cc(C(C)(C)C)cc3c1n2B1c2cc4c(cc2N(c2ccc5c(c2)-c2ccccc2C5(C)C)c2c1c-3cc1c2oc2ccccc21)-c1ccccc1C4(C)C. The van der Waals surface area contributed by atoms with E-state index >= 15 is 0 Å². The normalized spacial score (nSPS) is 15.9. The molecular formula is C62H53BN2O. The van der Waals surface area contributed by atoms with Crippen LogP contribution in [0.25, 0.3) is 77.1 Å². The van der Waals surface area contributed by atoms with Crippen LogP contribution in [-0.2, 0) is 21.7 Å². The summed E-state index contributed by atoms with van der Waals surface area (Å²) in [6, 6.07) is 54.1. The smallest absolute Gasteiger partial charge is 0.333 e. The molecule has 320 valence electrons. The minimum Gasteiger partial charge on any atom is -0.454 e. The molecule has 0 radical (unpaired) electrons. The third-order valence-corrected chi connectivity index (χ3v) is 16.4. The van der Waals surface area contributed by atoms with Gasteiger partial charge in [-0.2, -0.15) is 0 Å². The lowest BCUT2D eigenvalue weighted by Gasteiger charge is -2.41. The molecule has 0 fully saturated rings. The predicted octanol–water partition coefficient (Wildman–Crippen LogP) is 15.3. The van der Waals surface area contributed by atoms with Crippen LogP contribution in [0.4, 0.5) is 17.1 Å². The molecule has 4 heteroatoms. The van der Waals surface area contributed by atoms with Crippen LogP contribution in [0.3, 0.4) is 0 Å². The van der Waals surface area contributed by atoms with E-state index in [1.165, 1.54) is 105 Å². The van der Waals surface area contributed by atoms with Gasteiger partial charge in [-0.05, 0) is 138 Å². The fourth-order valence-electron chi connectivity index (χ4n) is 13.0. The van der Waals surface area contributed by atoms with Crippen molar-refractivity contribution in [1.29, 1.82) is 0 Å². The van der Waals surface area contributed by atoms with Crippen molar-refractivity contribution in [2.45, 2.75) is 90.9 Å². The first-order chi connectivity index (χ1) is 31.5. The molecule has 4 aliphatic rings. The molecule has 3 nitrogen and oxygen atoms in total. The number of furan rings is 1. The highest BCUT2D eigenvalue weighted by Crippen LogP contribution is 2.56. The van der Waals surface area contributed by atoms with E-state index in [4.69, 9.17) is 4.42 Å². The molecule has 0 atom stereocenters. The molecule has 10 aromatic rings. The first-order valence-corrected chi connectivity index (χ1v) is 24.0. The van der Waals surface area contributed by atoms with Crippen LogP contribution in [0, 0.1) is 0 Å². The second-order valence-electron chi connectivity index (χ2n) is 22.9. The number of fused-ring (bicyclic) bond motifs is 17. The Morgan fingerprint density at radius 2 is 1.12 bits per heavy atom. The van der Waals surface area contributed by atoms with Gasteiger partial charge in [0.25, 0.3) is 0 Å². The largest absolute Gasteiger partial charge is 0.454 e. The van der Waals surface area contributed by atoms with Crippen molar-refractivity contribution in [2.24, 2.45) is 0 Å². The molecule has 2 aromatic heterocycles. The minimum absolute atomic E-state index is 0.000399. The zero-order valence-electron chi connectivity index (χ0n) is 39.7. The second kappa shape index (κ2) is 12.2. The summed E-state index contributed by atoms with van der Waals surface area (Å²) in [5, 5.41) is 4.96. The van der Waals surface area contributed by atoms with Crippen molar-refractivity contribution < 1.29 is 4.42 Å². The van der Waals surface area contributed by atoms with Crippen molar-refractivity contribution in [2.75, 3.05) is 4.90 Å². The fourth-order valence-corrected chi connectivity index (χ4v) is 13.0. The molecule has 2 aliphatic carbocycles. The van der Waals surface area contributed by atoms with Gasteiger partial charge in [-0.1, -0.05) is 154 Å². The monoisotopic (exact) mass is 852 g/mol. The standard InChI is InChI=1S/C62H53BN2O/c1-59(2,3)34-23-26-52-42(27-34)44-28-35(60(4,5)6)29-45-43-31-46-39-19-13-16-22-54(39)66-58(46)57-55(43)63(65(52)56(44)45)51-33-50-41(38-18-12-15-21-48(38)62(50,9)10)32-53(51)64(57)36-24-25-49-40(30-36)37-17-11-14-20-47(37)61(49,7)8/h11-33H,1-10H3. The number of para-hydroxylation sites is 1. The van der Waals surface area contributed by atoms with Gasteiger partial charge < -0.3 is 13.8 Å². The zero-order valence-corrected chi connectivity index (χ0v) is 39.7. The van der Waals surface area contributed by atoms with Crippen LogP contribution in [0.15, 0.2) is 144 Å². The molecule has 66 heavy (non-hydrogen) atoms. The van der Waals surface area contributed by atoms with Crippen molar-refractivity contribution in [3.63, 3.8) is 0 Å². The minimum atomic E-state index is -0.176. The van der Waals surface area contributed by atoms with Gasteiger partial charge in [-0.25, -0.2) is 0 Å². The Kier molecular flexibility index (Phi) is 7.09. The number of benzene rings is 8. The lowest BCUT2D eigenvalue weighted by Crippen LogP contribution is -2.57. The summed E-state index contributed by atoms with van der Waals surface area (Å²) in [4.78, 5) is 2.61. The van der Waals surface area contributed by atoms with E-state index in [2.05, 4.69) is 218 Å². The molecule has 14 rings (SSSR count). The first-order valence-electron chi connectivity index (χ1n) is 24.0. The highest BCUT2D eigenvalue weighted by Gasteiger charge is 2.48. The second-order valence-corrected chi connectivity index (χ2v) is 22.9. The van der Waals surface area contributed by atoms with Crippen molar-refractivity contribution in [1.82, 2.24) is 4.48 Å². The van der Waals surface area contributed by atoms with Gasteiger partial charge in [0.1, 0.15) is 5.58 Å². The Morgan fingerprint density at radius 3 is 1.85 bits per heavy atom. The van der Waals surface area contributed by atoms with Gasteiger partial charge in [-0.3, -0.25) is 0 Å². The van der Waals surface area contributed by atoms with E-state index in [1.807, 2.05) is 0 Å². The molecular weight excluding hydrogens is 800 g/mol. The van der Waals surface area contributed by atoms with Crippen LogP contribution in [0.1, 0.15) is 103 Å². The molecule has 2 aliphatic heterocycles. The molecule has 4 heterocycles. The molecule has 8 aromatic carbocycles. The van der Waals surface area contributed by atoms with E-state index < -0.39 is 0 Å². The molecule has 0 amide bonds. The third kappa shape index (κ3) is 4.70. The Bertz CT molecular complexity index is 3860. The maximum Gasteiger partial charge on any atom is 0.333 e. The average molecular weight is 853 g/mol. The lowest BCUT2D eigenvalue weighted by molar-refractivity contribution is 0.590. The maximum absolute atomic E-state index is 7.26. The van der Waals surface area contributed by atoms with Gasteiger partial charge in [0.05, 0.1) is 5.69 Å². The number of anilines is 3. The van der Waals surface area contributed by atoms with Gasteiger partial charge in [0.2, 0.25) is 0 Å². The fraction of sp³-hybridized carbons (Fsp3) is 0.226. The first kappa shape index (κ1) is 38.5. The average Bonchev–Trinajstić information content (AvgIpc) is 3.97. The predicted molar refractivity (Wildman–Crippen MR) is 280 cm³/mol. The van der Waals surface area contributed by atoms with E-state index in [-0.39, 0.29) is 28.5 Å². The molecule has 0 unspecified atom stereocenters. The van der Waals surface area contributed by atoms with Crippen LogP contribution in [0.2, 0.25) is 0 Å². The van der Waals surface area contributed by atoms with Gasteiger partial charge >= 0.3 is 6.85 Å². The summed E-state index contributed by atoms with van der Waals surface area (Å²) in [5.74, 6) is 0. The molecule has 0 N–H and O–H groups in total. The number of aromatic nitrogens is 1. The summed E-state index contributed by atoms with van der Waals surface area (Å²) in [6.07, 6.45) is 0. The van der Waals surface area contributed by atoms with Crippen molar-refractivity contribution >= 4 is 78.6 Å². The summed E-state index contributed by atoms with van der Waals surface area (Å²) in [7, 11) is 0. The number of nitrogens with zero attached hydrogens (tertiary/aromatic N) is 2. The van der Waals surface area contributed by atoms with E-state index in [9.17, 15) is 0 Å². The Morgan fingerprint density at radius 1 is 0.485 bits per heavy atom. The van der Waals surface area contributed by atoms with E-state index in [0.717, 1.165) is 33.3 Å². The lowest BCUT2D eigenvalue weighted by atomic mass is 9.44. The summed E-state index contributed by atoms with van der Waals surface area (Å²) in [6.45, 7) is 23.6.